The molecule has 0 bridgehead atoms. The lowest BCUT2D eigenvalue weighted by Crippen LogP contribution is -2.73. The molecule has 1 aliphatic heterocycles. The molecule has 0 atom stereocenters. The second-order valence-electron chi connectivity index (χ2n) is 6.92. The molecule has 154 valence electrons. The molecule has 0 saturated heterocycles. The minimum atomic E-state index is 0.637. The van der Waals surface area contributed by atoms with Crippen molar-refractivity contribution in [2.45, 2.75) is 26.7 Å². The number of nitriles is 1. The average molecular weight is 399 g/mol. The summed E-state index contributed by atoms with van der Waals surface area (Å²) in [7, 11) is 4.11. The predicted octanol–water partition coefficient (Wildman–Crippen LogP) is 5.55. The molecule has 0 aliphatic carbocycles. The highest BCUT2D eigenvalue weighted by Crippen LogP contribution is 2.26. The molecule has 30 heavy (non-hydrogen) atoms. The lowest BCUT2D eigenvalue weighted by atomic mass is 10.0. The van der Waals surface area contributed by atoms with E-state index in [1.807, 2.05) is 43.5 Å². The largest absolute Gasteiger partial charge is 0.344 e. The maximum atomic E-state index is 9.47. The van der Waals surface area contributed by atoms with Gasteiger partial charge in [-0.2, -0.15) is 5.26 Å². The third kappa shape index (κ3) is 6.34. The van der Waals surface area contributed by atoms with E-state index in [4.69, 9.17) is 0 Å². The van der Waals surface area contributed by atoms with Crippen molar-refractivity contribution in [3.8, 4) is 6.07 Å². The maximum absolute atomic E-state index is 9.47. The van der Waals surface area contributed by atoms with E-state index in [1.165, 1.54) is 22.5 Å². The molecule has 1 aromatic rings. The van der Waals surface area contributed by atoms with Gasteiger partial charge in [-0.1, -0.05) is 55.5 Å². The van der Waals surface area contributed by atoms with E-state index in [-0.39, 0.29) is 0 Å². The first kappa shape index (κ1) is 22.9. The molecule has 0 radical (unpaired) electrons. The highest BCUT2D eigenvalue weighted by molar-refractivity contribution is 5.60. The highest BCUT2D eigenvalue weighted by atomic mass is 15.1. The molecule has 3 heteroatoms. The monoisotopic (exact) mass is 398 g/mol. The van der Waals surface area contributed by atoms with Gasteiger partial charge in [-0.3, -0.25) is 0 Å². The van der Waals surface area contributed by atoms with Crippen molar-refractivity contribution in [1.82, 2.24) is 4.90 Å². The first-order valence-corrected chi connectivity index (χ1v) is 10.5. The Balaban J connectivity index is 2.08. The number of hydrogen-bond acceptors (Lipinski definition) is 2. The van der Waals surface area contributed by atoms with E-state index in [0.717, 1.165) is 18.5 Å². The molecular formula is C27H32N3+. The number of nitrogens with two attached hydrogens (primary N) is 1. The fourth-order valence-electron chi connectivity index (χ4n) is 3.26. The summed E-state index contributed by atoms with van der Waals surface area (Å²) in [5.41, 5.74) is 6.55. The number of likely N-dealkylation sites (N-methyl/N-ethyl adjacent to an activating group) is 1. The van der Waals surface area contributed by atoms with Gasteiger partial charge < -0.3 is 10.2 Å². The number of rotatable bonds is 7. The summed E-state index contributed by atoms with van der Waals surface area (Å²) in [4.78, 5) is 2.17. The number of benzene rings is 1. The summed E-state index contributed by atoms with van der Waals surface area (Å²) in [6.07, 6.45) is 22.3. The van der Waals surface area contributed by atoms with Gasteiger partial charge >= 0.3 is 0 Å². The van der Waals surface area contributed by atoms with Crippen molar-refractivity contribution in [2.75, 3.05) is 14.1 Å². The van der Waals surface area contributed by atoms with Gasteiger partial charge in [0.2, 0.25) is 0 Å². The summed E-state index contributed by atoms with van der Waals surface area (Å²) in [5.74, 6) is 0. The molecule has 0 aromatic heterocycles. The summed E-state index contributed by atoms with van der Waals surface area (Å²) in [6.45, 7) is 4.19. The lowest BCUT2D eigenvalue weighted by Gasteiger charge is -2.28. The first-order chi connectivity index (χ1) is 14.6. The van der Waals surface area contributed by atoms with E-state index in [1.54, 1.807) is 0 Å². The minimum Gasteiger partial charge on any atom is -0.344 e. The maximum Gasteiger partial charge on any atom is 0.136 e. The van der Waals surface area contributed by atoms with Crippen molar-refractivity contribution in [2.24, 2.45) is 0 Å². The number of allylic oxidation sites excluding steroid dienone is 10. The van der Waals surface area contributed by atoms with Gasteiger partial charge in [0.1, 0.15) is 5.69 Å². The second-order valence-corrected chi connectivity index (χ2v) is 6.92. The van der Waals surface area contributed by atoms with Crippen LogP contribution in [0.1, 0.15) is 32.3 Å². The van der Waals surface area contributed by atoms with Gasteiger partial charge in [-0.05, 0) is 61.8 Å². The predicted molar refractivity (Wildman–Crippen MR) is 128 cm³/mol. The van der Waals surface area contributed by atoms with Gasteiger partial charge in [0, 0.05) is 24.0 Å². The van der Waals surface area contributed by atoms with Crippen molar-refractivity contribution in [3.05, 3.63) is 107 Å². The number of nitrogens with zero attached hydrogens (tertiary/aromatic N) is 2. The molecule has 0 fully saturated rings. The number of quaternary nitrogens is 1. The van der Waals surface area contributed by atoms with Crippen LogP contribution in [0.3, 0.4) is 0 Å². The van der Waals surface area contributed by atoms with Crippen LogP contribution in [0.2, 0.25) is 0 Å². The van der Waals surface area contributed by atoms with Crippen molar-refractivity contribution in [1.29, 1.82) is 5.26 Å². The van der Waals surface area contributed by atoms with Gasteiger partial charge in [0.05, 0.1) is 18.7 Å². The molecule has 2 N–H and O–H groups in total. The summed E-state index contributed by atoms with van der Waals surface area (Å²) < 4.78 is 0. The van der Waals surface area contributed by atoms with Crippen molar-refractivity contribution < 1.29 is 5.32 Å². The van der Waals surface area contributed by atoms with Crippen LogP contribution >= 0.6 is 0 Å². The Labute approximate surface area is 181 Å². The van der Waals surface area contributed by atoms with E-state index < -0.39 is 0 Å². The van der Waals surface area contributed by atoms with E-state index >= 15 is 0 Å². The zero-order valence-electron chi connectivity index (χ0n) is 18.5. The summed E-state index contributed by atoms with van der Waals surface area (Å²) in [6, 6.07) is 10.6. The summed E-state index contributed by atoms with van der Waals surface area (Å²) in [5, 5.41) is 11.6. The highest BCUT2D eigenvalue weighted by Gasteiger charge is 2.14. The quantitative estimate of drug-likeness (QED) is 0.372. The van der Waals surface area contributed by atoms with Gasteiger partial charge in [0.25, 0.3) is 0 Å². The molecule has 1 aromatic carbocycles. The Hall–Kier alpha value is -3.35. The Morgan fingerprint density at radius 1 is 1.20 bits per heavy atom. The molecule has 0 amide bonds. The van der Waals surface area contributed by atoms with Crippen LogP contribution in [-0.4, -0.2) is 19.0 Å². The van der Waals surface area contributed by atoms with Crippen molar-refractivity contribution in [3.63, 3.8) is 0 Å². The third-order valence-corrected chi connectivity index (χ3v) is 4.92. The third-order valence-electron chi connectivity index (χ3n) is 4.92. The van der Waals surface area contributed by atoms with Crippen LogP contribution in [0.5, 0.6) is 0 Å². The SMILES string of the molecule is C/C=C1C=C\C(=C/C=C(C#N)/C=C/C/C=C\c2ccccc2[NH2+]C)N(C)C/1=C/CC. The topological polar surface area (TPSA) is 43.6 Å². The summed E-state index contributed by atoms with van der Waals surface area (Å²) >= 11 is 0. The fraction of sp³-hybridized carbons (Fsp3) is 0.222. The molecule has 1 heterocycles. The van der Waals surface area contributed by atoms with Gasteiger partial charge in [0.15, 0.2) is 0 Å². The van der Waals surface area contributed by atoms with Gasteiger partial charge in [-0.25, -0.2) is 0 Å². The van der Waals surface area contributed by atoms with Crippen LogP contribution in [0.25, 0.3) is 6.08 Å². The van der Waals surface area contributed by atoms with E-state index in [0.29, 0.717) is 5.57 Å². The first-order valence-electron chi connectivity index (χ1n) is 10.5. The lowest BCUT2D eigenvalue weighted by molar-refractivity contribution is -0.539. The molecule has 2 rings (SSSR count). The van der Waals surface area contributed by atoms with E-state index in [2.05, 4.69) is 85.8 Å². The van der Waals surface area contributed by atoms with E-state index in [9.17, 15) is 5.26 Å². The second kappa shape index (κ2) is 12.3. The Kier molecular flexibility index (Phi) is 9.37. The zero-order valence-corrected chi connectivity index (χ0v) is 18.5. The normalized spacial score (nSPS) is 19.0. The molecule has 3 nitrogen and oxygen atoms in total. The molecule has 0 unspecified atom stereocenters. The Morgan fingerprint density at radius 3 is 2.70 bits per heavy atom. The Bertz CT molecular complexity index is 976. The number of hydrogen-bond donors (Lipinski definition) is 1. The number of para-hydroxylation sites is 1. The smallest absolute Gasteiger partial charge is 0.136 e. The molecular weight excluding hydrogens is 366 g/mol. The molecule has 0 saturated carbocycles. The van der Waals surface area contributed by atoms with Crippen LogP contribution in [0, 0.1) is 11.3 Å². The van der Waals surface area contributed by atoms with Crippen LogP contribution in [0.15, 0.2) is 101 Å². The standard InChI is InChI=1S/C27H31N3/c1-5-12-27-23(6-2)18-20-25(30(27)4)19-17-22(21-28)13-8-7-9-14-24-15-10-11-16-26(24)29-3/h6,8-20,29H,5,7H2,1-4H3/p+1/b13-8+,14-9-,22-17-,23-6-,25-19+,27-12+. The zero-order chi connectivity index (χ0) is 21.8. The van der Waals surface area contributed by atoms with Crippen LogP contribution in [0.4, 0.5) is 5.69 Å². The molecule has 0 spiro atoms. The van der Waals surface area contributed by atoms with Crippen LogP contribution in [-0.2, 0) is 0 Å². The Morgan fingerprint density at radius 2 is 2.00 bits per heavy atom. The fourth-order valence-corrected chi connectivity index (χ4v) is 3.26. The average Bonchev–Trinajstić information content (AvgIpc) is 2.78. The van der Waals surface area contributed by atoms with Gasteiger partial charge in [-0.15, -0.1) is 0 Å². The van der Waals surface area contributed by atoms with Crippen molar-refractivity contribution >= 4 is 11.8 Å². The minimum absolute atomic E-state index is 0.637. The molecule has 1 aliphatic rings. The van der Waals surface area contributed by atoms with Crippen LogP contribution < -0.4 is 5.32 Å².